The minimum atomic E-state index is -0.776. The van der Waals surface area contributed by atoms with E-state index in [1.807, 2.05) is 4.90 Å². The van der Waals surface area contributed by atoms with Crippen molar-refractivity contribution in [3.05, 3.63) is 17.0 Å². The molecular formula is C19H26ClN3O5. The lowest BCUT2D eigenvalue weighted by Gasteiger charge is -2.38. The zero-order chi connectivity index (χ0) is 20.1. The highest BCUT2D eigenvalue weighted by molar-refractivity contribution is 6.29. The molecule has 0 radical (unpaired) electrons. The third kappa shape index (κ3) is 4.84. The lowest BCUT2D eigenvalue weighted by molar-refractivity contribution is -0.153. The molecule has 0 spiro atoms. The quantitative estimate of drug-likeness (QED) is 0.638. The summed E-state index contributed by atoms with van der Waals surface area (Å²) in [5, 5.41) is 3.86. The van der Waals surface area contributed by atoms with Crippen LogP contribution in [0, 0.1) is 0 Å². The summed E-state index contributed by atoms with van der Waals surface area (Å²) in [5.41, 5.74) is -0.776. The number of ether oxygens (including phenoxy) is 1. The van der Waals surface area contributed by atoms with Gasteiger partial charge in [0.2, 0.25) is 11.8 Å². The molecule has 28 heavy (non-hydrogen) atoms. The second kappa shape index (κ2) is 8.94. The van der Waals surface area contributed by atoms with Crippen LogP contribution in [0.15, 0.2) is 10.6 Å². The first-order valence-electron chi connectivity index (χ1n) is 9.72. The topological polar surface area (TPSA) is 93.0 Å². The smallest absolute Gasteiger partial charge is 0.302 e. The molecule has 154 valence electrons. The number of carbonyl (C=O) groups is 3. The van der Waals surface area contributed by atoms with Gasteiger partial charge in [-0.1, -0.05) is 16.8 Å². The Morgan fingerprint density at radius 3 is 2.61 bits per heavy atom. The maximum absolute atomic E-state index is 13.0. The molecule has 3 heterocycles. The summed E-state index contributed by atoms with van der Waals surface area (Å²) in [4.78, 5) is 40.8. The fourth-order valence-corrected chi connectivity index (χ4v) is 4.24. The molecule has 2 amide bonds. The number of hydrogen-bond donors (Lipinski definition) is 0. The largest absolute Gasteiger partial charge is 0.463 e. The van der Waals surface area contributed by atoms with Gasteiger partial charge in [-0.3, -0.25) is 14.4 Å². The second-order valence-electron chi connectivity index (χ2n) is 7.53. The van der Waals surface area contributed by atoms with Crippen LogP contribution in [0.25, 0.3) is 0 Å². The van der Waals surface area contributed by atoms with Crippen molar-refractivity contribution in [3.63, 3.8) is 0 Å². The van der Waals surface area contributed by atoms with Crippen LogP contribution in [-0.4, -0.2) is 64.5 Å². The summed E-state index contributed by atoms with van der Waals surface area (Å²) >= 11 is 5.75. The highest BCUT2D eigenvalue weighted by Crippen LogP contribution is 2.35. The monoisotopic (exact) mass is 411 g/mol. The van der Waals surface area contributed by atoms with Crippen molar-refractivity contribution in [2.45, 2.75) is 57.4 Å². The first-order valence-corrected chi connectivity index (χ1v) is 10.1. The number of carbonyl (C=O) groups excluding carboxylic acids is 3. The predicted octanol–water partition coefficient (Wildman–Crippen LogP) is 2.20. The molecule has 1 atom stereocenters. The van der Waals surface area contributed by atoms with E-state index in [1.165, 1.54) is 6.92 Å². The van der Waals surface area contributed by atoms with Crippen molar-refractivity contribution < 1.29 is 23.6 Å². The summed E-state index contributed by atoms with van der Waals surface area (Å²) in [7, 11) is 0. The van der Waals surface area contributed by atoms with Gasteiger partial charge in [-0.15, -0.1) is 0 Å². The van der Waals surface area contributed by atoms with Crippen LogP contribution in [0.3, 0.4) is 0 Å². The Morgan fingerprint density at radius 2 is 1.96 bits per heavy atom. The van der Waals surface area contributed by atoms with Crippen LogP contribution < -0.4 is 0 Å². The van der Waals surface area contributed by atoms with E-state index in [2.05, 4.69) is 5.16 Å². The normalized spacial score (nSPS) is 21.9. The van der Waals surface area contributed by atoms with E-state index in [-0.39, 0.29) is 36.4 Å². The number of esters is 1. The lowest BCUT2D eigenvalue weighted by atomic mass is 9.91. The first kappa shape index (κ1) is 20.6. The van der Waals surface area contributed by atoms with Crippen molar-refractivity contribution in [2.75, 3.05) is 26.2 Å². The Labute approximate surface area is 169 Å². The average molecular weight is 412 g/mol. The highest BCUT2D eigenvalue weighted by Gasteiger charge is 2.46. The number of aromatic nitrogens is 1. The number of amides is 2. The molecule has 0 aromatic carbocycles. The minimum Gasteiger partial charge on any atom is -0.463 e. The zero-order valence-corrected chi connectivity index (χ0v) is 16.9. The summed E-state index contributed by atoms with van der Waals surface area (Å²) in [6.07, 6.45) is 4.19. The SMILES string of the molecule is CC(=O)OCC1(CC(=O)N2CCCC2)CCCN1C(=O)CCc1cc(Cl)no1. The van der Waals surface area contributed by atoms with Gasteiger partial charge in [0.05, 0.1) is 12.0 Å². The fourth-order valence-electron chi connectivity index (χ4n) is 4.08. The number of nitrogens with zero attached hydrogens (tertiary/aromatic N) is 3. The van der Waals surface area contributed by atoms with Crippen molar-refractivity contribution in [3.8, 4) is 0 Å². The van der Waals surface area contributed by atoms with Crippen molar-refractivity contribution in [1.82, 2.24) is 15.0 Å². The number of halogens is 1. The Kier molecular flexibility index (Phi) is 6.59. The van der Waals surface area contributed by atoms with E-state index >= 15 is 0 Å². The van der Waals surface area contributed by atoms with Crippen LogP contribution in [0.4, 0.5) is 0 Å². The molecule has 2 saturated heterocycles. The maximum atomic E-state index is 13.0. The van der Waals surface area contributed by atoms with Gasteiger partial charge < -0.3 is 19.1 Å². The van der Waals surface area contributed by atoms with Gasteiger partial charge in [0, 0.05) is 45.5 Å². The van der Waals surface area contributed by atoms with Crippen LogP contribution in [0.2, 0.25) is 5.15 Å². The van der Waals surface area contributed by atoms with Crippen LogP contribution >= 0.6 is 11.6 Å². The van der Waals surface area contributed by atoms with Gasteiger partial charge in [0.25, 0.3) is 0 Å². The van der Waals surface area contributed by atoms with Gasteiger partial charge in [-0.2, -0.15) is 0 Å². The molecule has 2 aliphatic heterocycles. The molecule has 1 unspecified atom stereocenters. The zero-order valence-electron chi connectivity index (χ0n) is 16.1. The molecule has 2 fully saturated rings. The summed E-state index contributed by atoms with van der Waals surface area (Å²) in [5.74, 6) is 0.0534. The Balaban J connectivity index is 1.70. The van der Waals surface area contributed by atoms with E-state index in [4.69, 9.17) is 20.9 Å². The van der Waals surface area contributed by atoms with E-state index in [1.54, 1.807) is 11.0 Å². The van der Waals surface area contributed by atoms with Gasteiger partial charge in [0.15, 0.2) is 5.15 Å². The van der Waals surface area contributed by atoms with Gasteiger partial charge in [0.1, 0.15) is 12.4 Å². The van der Waals surface area contributed by atoms with Gasteiger partial charge in [-0.25, -0.2) is 0 Å². The highest BCUT2D eigenvalue weighted by atomic mass is 35.5. The molecule has 1 aromatic rings. The Bertz CT molecular complexity index is 731. The van der Waals surface area contributed by atoms with Crippen LogP contribution in [0.5, 0.6) is 0 Å². The van der Waals surface area contributed by atoms with Gasteiger partial charge >= 0.3 is 5.97 Å². The third-order valence-corrected chi connectivity index (χ3v) is 5.67. The number of aryl methyl sites for hydroxylation is 1. The molecule has 1 aromatic heterocycles. The molecule has 8 nitrogen and oxygen atoms in total. The second-order valence-corrected chi connectivity index (χ2v) is 7.92. The van der Waals surface area contributed by atoms with Crippen molar-refractivity contribution in [1.29, 1.82) is 0 Å². The summed E-state index contributed by atoms with van der Waals surface area (Å²) in [6, 6.07) is 1.59. The summed E-state index contributed by atoms with van der Waals surface area (Å²) in [6.45, 7) is 3.43. The lowest BCUT2D eigenvalue weighted by Crippen LogP contribution is -2.53. The van der Waals surface area contributed by atoms with E-state index < -0.39 is 11.5 Å². The molecule has 3 rings (SSSR count). The van der Waals surface area contributed by atoms with Crippen LogP contribution in [0.1, 0.15) is 51.2 Å². The number of likely N-dealkylation sites (tertiary alicyclic amines) is 2. The fraction of sp³-hybridized carbons (Fsp3) is 0.684. The Morgan fingerprint density at radius 1 is 1.21 bits per heavy atom. The van der Waals surface area contributed by atoms with E-state index in [9.17, 15) is 14.4 Å². The Hall–Kier alpha value is -2.09. The molecule has 0 saturated carbocycles. The minimum absolute atomic E-state index is 0.0198. The molecule has 0 aliphatic carbocycles. The van der Waals surface area contributed by atoms with E-state index in [0.717, 1.165) is 32.4 Å². The standard InChI is InChI=1S/C19H26ClN3O5/c1-14(24)27-13-19(12-18(26)22-8-2-3-9-22)7-4-10-23(19)17(25)6-5-15-11-16(20)21-28-15/h11H,2-10,12-13H2,1H3. The number of hydrogen-bond acceptors (Lipinski definition) is 6. The third-order valence-electron chi connectivity index (χ3n) is 5.50. The predicted molar refractivity (Wildman–Crippen MR) is 101 cm³/mol. The van der Waals surface area contributed by atoms with E-state index in [0.29, 0.717) is 25.1 Å². The average Bonchev–Trinajstić information content (AvgIpc) is 3.39. The first-order chi connectivity index (χ1) is 13.4. The molecule has 0 N–H and O–H groups in total. The summed E-state index contributed by atoms with van der Waals surface area (Å²) < 4.78 is 10.3. The maximum Gasteiger partial charge on any atom is 0.302 e. The van der Waals surface area contributed by atoms with Crippen molar-refractivity contribution in [2.24, 2.45) is 0 Å². The van der Waals surface area contributed by atoms with Crippen LogP contribution in [-0.2, 0) is 25.5 Å². The van der Waals surface area contributed by atoms with Gasteiger partial charge in [-0.05, 0) is 25.7 Å². The molecular weight excluding hydrogens is 386 g/mol. The number of rotatable bonds is 7. The molecule has 0 bridgehead atoms. The molecule has 9 heteroatoms. The molecule has 2 aliphatic rings. The van der Waals surface area contributed by atoms with Crippen molar-refractivity contribution >= 4 is 29.4 Å².